The molecule has 118 valence electrons. The minimum absolute atomic E-state index is 0.0749. The molecule has 0 saturated heterocycles. The van der Waals surface area contributed by atoms with Crippen LogP contribution in [0.15, 0.2) is 72.8 Å². The largest absolute Gasteiger partial charge is 0.384 e. The Morgan fingerprint density at radius 1 is 0.458 bits per heavy atom. The lowest BCUT2D eigenvalue weighted by Crippen LogP contribution is -2.10. The number of nitrogen functional groups attached to an aromatic ring is 2. The van der Waals surface area contributed by atoms with E-state index >= 15 is 0 Å². The van der Waals surface area contributed by atoms with E-state index in [-0.39, 0.29) is 11.7 Å². The summed E-state index contributed by atoms with van der Waals surface area (Å²) >= 11 is 0. The van der Waals surface area contributed by atoms with E-state index in [9.17, 15) is 0 Å². The summed E-state index contributed by atoms with van der Waals surface area (Å²) < 4.78 is 0. The molecule has 3 rings (SSSR count). The van der Waals surface area contributed by atoms with Gasteiger partial charge in [0.2, 0.25) is 0 Å². The van der Waals surface area contributed by atoms with Crippen molar-refractivity contribution in [3.63, 3.8) is 0 Å². The normalized spacial score (nSPS) is 10.3. The Morgan fingerprint density at radius 3 is 0.875 bits per heavy atom. The van der Waals surface area contributed by atoms with Crippen LogP contribution >= 0.6 is 0 Å². The standard InChI is InChI=1S/C20H18N4/c21-19(22)17-9-5-15(6-10-17)13-1-2-14(4-3-13)16-7-11-18(12-8-16)20(23)24/h1-12H,(H3,21,22)(H3,23,24). The fourth-order valence-corrected chi connectivity index (χ4v) is 2.54. The van der Waals surface area contributed by atoms with E-state index in [0.717, 1.165) is 33.4 Å². The maximum atomic E-state index is 7.43. The van der Waals surface area contributed by atoms with Crippen LogP contribution in [0.2, 0.25) is 0 Å². The second-order valence-corrected chi connectivity index (χ2v) is 5.56. The molecular formula is C20H18N4. The lowest BCUT2D eigenvalue weighted by Gasteiger charge is -2.07. The van der Waals surface area contributed by atoms with E-state index in [0.29, 0.717) is 0 Å². The van der Waals surface area contributed by atoms with Crippen molar-refractivity contribution in [2.75, 3.05) is 0 Å². The van der Waals surface area contributed by atoms with Crippen molar-refractivity contribution in [3.05, 3.63) is 83.9 Å². The SMILES string of the molecule is N=C(N)c1ccc(-c2ccc(-c3ccc(C(=N)N)cc3)cc2)cc1. The number of nitrogens with two attached hydrogens (primary N) is 2. The van der Waals surface area contributed by atoms with Crippen LogP contribution in [-0.2, 0) is 0 Å². The zero-order valence-electron chi connectivity index (χ0n) is 13.1. The summed E-state index contributed by atoms with van der Waals surface area (Å²) in [5.41, 5.74) is 16.8. The third-order valence-electron chi connectivity index (χ3n) is 3.94. The Hall–Kier alpha value is -3.40. The lowest BCUT2D eigenvalue weighted by molar-refractivity contribution is 1.42. The highest BCUT2D eigenvalue weighted by Crippen LogP contribution is 2.25. The zero-order valence-corrected chi connectivity index (χ0v) is 13.1. The highest BCUT2D eigenvalue weighted by atomic mass is 14.7. The molecule has 0 atom stereocenters. The number of nitrogens with one attached hydrogen (secondary N) is 2. The van der Waals surface area contributed by atoms with Crippen LogP contribution in [0.25, 0.3) is 22.3 Å². The van der Waals surface area contributed by atoms with Crippen LogP contribution in [0, 0.1) is 10.8 Å². The van der Waals surface area contributed by atoms with Crippen molar-refractivity contribution >= 4 is 11.7 Å². The molecule has 0 aromatic heterocycles. The maximum absolute atomic E-state index is 7.43. The summed E-state index contributed by atoms with van der Waals surface area (Å²) in [6.45, 7) is 0. The van der Waals surface area contributed by atoms with Crippen LogP contribution in [0.5, 0.6) is 0 Å². The quantitative estimate of drug-likeness (QED) is 0.437. The molecule has 0 unspecified atom stereocenters. The topological polar surface area (TPSA) is 99.7 Å². The number of amidine groups is 2. The number of rotatable bonds is 4. The molecule has 0 amide bonds. The van der Waals surface area contributed by atoms with E-state index in [1.807, 2.05) is 48.5 Å². The average Bonchev–Trinajstić information content (AvgIpc) is 2.62. The van der Waals surface area contributed by atoms with Crippen LogP contribution < -0.4 is 11.5 Å². The van der Waals surface area contributed by atoms with Crippen molar-refractivity contribution in [1.82, 2.24) is 0 Å². The predicted octanol–water partition coefficient (Wildman–Crippen LogP) is 3.59. The molecule has 6 N–H and O–H groups in total. The summed E-state index contributed by atoms with van der Waals surface area (Å²) in [5.74, 6) is 0.150. The van der Waals surface area contributed by atoms with Crippen LogP contribution in [0.1, 0.15) is 11.1 Å². The van der Waals surface area contributed by atoms with Gasteiger partial charge in [-0.1, -0.05) is 72.8 Å². The van der Waals surface area contributed by atoms with E-state index in [1.54, 1.807) is 0 Å². The fraction of sp³-hybridized carbons (Fsp3) is 0. The Balaban J connectivity index is 1.84. The Kier molecular flexibility index (Phi) is 4.12. The molecule has 3 aromatic carbocycles. The molecule has 0 saturated carbocycles. The van der Waals surface area contributed by atoms with E-state index in [2.05, 4.69) is 24.3 Å². The number of benzene rings is 3. The van der Waals surface area contributed by atoms with Crippen LogP contribution in [0.4, 0.5) is 0 Å². The first kappa shape index (κ1) is 15.5. The lowest BCUT2D eigenvalue weighted by atomic mass is 9.99. The molecule has 0 aliphatic heterocycles. The van der Waals surface area contributed by atoms with E-state index in [1.165, 1.54) is 0 Å². The average molecular weight is 314 g/mol. The van der Waals surface area contributed by atoms with Gasteiger partial charge < -0.3 is 11.5 Å². The van der Waals surface area contributed by atoms with Gasteiger partial charge in [-0.2, -0.15) is 0 Å². The minimum atomic E-state index is 0.0749. The van der Waals surface area contributed by atoms with Crippen molar-refractivity contribution in [1.29, 1.82) is 10.8 Å². The van der Waals surface area contributed by atoms with Gasteiger partial charge in [0.1, 0.15) is 11.7 Å². The monoisotopic (exact) mass is 314 g/mol. The van der Waals surface area contributed by atoms with Gasteiger partial charge in [0.25, 0.3) is 0 Å². The van der Waals surface area contributed by atoms with Crippen molar-refractivity contribution in [3.8, 4) is 22.3 Å². The van der Waals surface area contributed by atoms with Gasteiger partial charge in [-0.05, 0) is 22.3 Å². The number of hydrogen-bond donors (Lipinski definition) is 4. The second kappa shape index (κ2) is 6.38. The molecule has 24 heavy (non-hydrogen) atoms. The number of hydrogen-bond acceptors (Lipinski definition) is 2. The van der Waals surface area contributed by atoms with Crippen molar-refractivity contribution in [2.45, 2.75) is 0 Å². The second-order valence-electron chi connectivity index (χ2n) is 5.56. The van der Waals surface area contributed by atoms with E-state index in [4.69, 9.17) is 22.3 Å². The van der Waals surface area contributed by atoms with Crippen LogP contribution in [-0.4, -0.2) is 11.7 Å². The summed E-state index contributed by atoms with van der Waals surface area (Å²) in [5, 5.41) is 14.9. The molecule has 4 nitrogen and oxygen atoms in total. The summed E-state index contributed by atoms with van der Waals surface area (Å²) in [7, 11) is 0. The zero-order chi connectivity index (χ0) is 17.1. The molecule has 0 radical (unpaired) electrons. The molecular weight excluding hydrogens is 296 g/mol. The summed E-state index contributed by atoms with van der Waals surface area (Å²) in [6.07, 6.45) is 0. The van der Waals surface area contributed by atoms with Gasteiger partial charge in [0.15, 0.2) is 0 Å². The summed E-state index contributed by atoms with van der Waals surface area (Å²) in [4.78, 5) is 0. The molecule has 0 spiro atoms. The van der Waals surface area contributed by atoms with Gasteiger partial charge in [0, 0.05) is 11.1 Å². The molecule has 4 heteroatoms. The highest BCUT2D eigenvalue weighted by Gasteiger charge is 2.03. The maximum Gasteiger partial charge on any atom is 0.122 e. The van der Waals surface area contributed by atoms with Gasteiger partial charge in [-0.15, -0.1) is 0 Å². The Labute approximate surface area is 140 Å². The fourth-order valence-electron chi connectivity index (χ4n) is 2.54. The first-order valence-electron chi connectivity index (χ1n) is 7.54. The third kappa shape index (κ3) is 3.17. The highest BCUT2D eigenvalue weighted by molar-refractivity contribution is 5.96. The van der Waals surface area contributed by atoms with Crippen LogP contribution in [0.3, 0.4) is 0 Å². The first-order chi connectivity index (χ1) is 11.5. The van der Waals surface area contributed by atoms with E-state index < -0.39 is 0 Å². The Morgan fingerprint density at radius 2 is 0.667 bits per heavy atom. The first-order valence-corrected chi connectivity index (χ1v) is 7.54. The van der Waals surface area contributed by atoms with Gasteiger partial charge >= 0.3 is 0 Å². The van der Waals surface area contributed by atoms with Crippen molar-refractivity contribution < 1.29 is 0 Å². The van der Waals surface area contributed by atoms with Crippen molar-refractivity contribution in [2.24, 2.45) is 11.5 Å². The third-order valence-corrected chi connectivity index (χ3v) is 3.94. The van der Waals surface area contributed by atoms with Gasteiger partial charge in [-0.3, -0.25) is 10.8 Å². The summed E-state index contributed by atoms with van der Waals surface area (Å²) in [6, 6.07) is 23.5. The molecule has 0 aliphatic carbocycles. The minimum Gasteiger partial charge on any atom is -0.384 e. The molecule has 0 fully saturated rings. The van der Waals surface area contributed by atoms with Gasteiger partial charge in [0.05, 0.1) is 0 Å². The predicted molar refractivity (Wildman–Crippen MR) is 99.3 cm³/mol. The molecule has 0 bridgehead atoms. The molecule has 0 heterocycles. The smallest absolute Gasteiger partial charge is 0.122 e. The molecule has 0 aliphatic rings. The van der Waals surface area contributed by atoms with Gasteiger partial charge in [-0.25, -0.2) is 0 Å². The molecule has 3 aromatic rings. The Bertz CT molecular complexity index is 800.